The van der Waals surface area contributed by atoms with Crippen LogP contribution in [0.3, 0.4) is 0 Å². The van der Waals surface area contributed by atoms with Crippen LogP contribution in [-0.4, -0.2) is 9.97 Å². The van der Waals surface area contributed by atoms with Crippen molar-refractivity contribution in [2.75, 3.05) is 0 Å². The molecule has 2 nitrogen and oxygen atoms in total. The van der Waals surface area contributed by atoms with E-state index in [9.17, 15) is 0 Å². The molecule has 2 heterocycles. The van der Waals surface area contributed by atoms with E-state index >= 15 is 0 Å². The van der Waals surface area contributed by atoms with Crippen molar-refractivity contribution in [2.45, 2.75) is 6.42 Å². The molecule has 0 fully saturated rings. The monoisotopic (exact) mass is 290 g/mol. The average molecular weight is 290 g/mol. The zero-order valence-electron chi connectivity index (χ0n) is 11.4. The lowest BCUT2D eigenvalue weighted by molar-refractivity contribution is 1.14. The number of fused-ring (bicyclic) bond motifs is 1. The molecule has 0 aliphatic heterocycles. The van der Waals surface area contributed by atoms with Crippen molar-refractivity contribution in [2.24, 2.45) is 0 Å². The van der Waals surface area contributed by atoms with Crippen LogP contribution in [-0.2, 0) is 6.42 Å². The second-order valence-corrected chi connectivity index (χ2v) is 5.98. The Hall–Kier alpha value is -2.39. The number of H-pyrrole nitrogens is 1. The van der Waals surface area contributed by atoms with Crippen molar-refractivity contribution in [1.29, 1.82) is 0 Å². The second-order valence-electron chi connectivity index (χ2n) is 5.04. The first-order valence-electron chi connectivity index (χ1n) is 6.95. The summed E-state index contributed by atoms with van der Waals surface area (Å²) in [5.74, 6) is 0. The van der Waals surface area contributed by atoms with E-state index in [1.807, 2.05) is 18.3 Å². The number of para-hydroxylation sites is 1. The molecule has 21 heavy (non-hydrogen) atoms. The molecule has 0 saturated heterocycles. The summed E-state index contributed by atoms with van der Waals surface area (Å²) in [5.41, 5.74) is 4.70. The van der Waals surface area contributed by atoms with Gasteiger partial charge in [-0.25, -0.2) is 4.98 Å². The minimum absolute atomic E-state index is 0.897. The number of aromatic nitrogens is 2. The number of rotatable bonds is 3. The first-order chi connectivity index (χ1) is 10.4. The number of hydrogen-bond acceptors (Lipinski definition) is 2. The third-order valence-electron chi connectivity index (χ3n) is 3.62. The molecule has 0 atom stereocenters. The van der Waals surface area contributed by atoms with E-state index in [1.54, 1.807) is 11.3 Å². The summed E-state index contributed by atoms with van der Waals surface area (Å²) in [5, 5.41) is 4.53. The summed E-state index contributed by atoms with van der Waals surface area (Å²) in [7, 11) is 0. The predicted octanol–water partition coefficient (Wildman–Crippen LogP) is 4.88. The van der Waals surface area contributed by atoms with E-state index in [0.717, 1.165) is 22.6 Å². The highest BCUT2D eigenvalue weighted by molar-refractivity contribution is 7.10. The Balaban J connectivity index is 1.68. The summed E-state index contributed by atoms with van der Waals surface area (Å²) < 4.78 is 0. The lowest BCUT2D eigenvalue weighted by Crippen LogP contribution is -1.86. The molecule has 0 aliphatic rings. The van der Waals surface area contributed by atoms with Crippen LogP contribution in [0.25, 0.3) is 22.2 Å². The summed E-state index contributed by atoms with van der Waals surface area (Å²) >= 11 is 1.73. The molecule has 0 unspecified atom stereocenters. The topological polar surface area (TPSA) is 28.7 Å². The highest BCUT2D eigenvalue weighted by Crippen LogP contribution is 2.29. The lowest BCUT2D eigenvalue weighted by Gasteiger charge is -1.97. The van der Waals surface area contributed by atoms with Crippen molar-refractivity contribution < 1.29 is 0 Å². The standard InChI is InChI=1S/C18H14N2S/c1-2-6-13(7-3-1)10-18-20-17(12-21-18)15-11-19-16-9-5-4-8-14(15)16/h1-9,11-12,19H,10H2. The molecule has 0 bridgehead atoms. The zero-order valence-corrected chi connectivity index (χ0v) is 12.2. The van der Waals surface area contributed by atoms with Gasteiger partial charge in [-0.1, -0.05) is 48.5 Å². The van der Waals surface area contributed by atoms with Crippen LogP contribution in [0.2, 0.25) is 0 Å². The highest BCUT2D eigenvalue weighted by atomic mass is 32.1. The smallest absolute Gasteiger partial charge is 0.0976 e. The van der Waals surface area contributed by atoms with Crippen LogP contribution in [0.4, 0.5) is 0 Å². The van der Waals surface area contributed by atoms with Gasteiger partial charge in [0.25, 0.3) is 0 Å². The molecule has 0 aliphatic carbocycles. The van der Waals surface area contributed by atoms with Crippen LogP contribution < -0.4 is 0 Å². The largest absolute Gasteiger partial charge is 0.360 e. The van der Waals surface area contributed by atoms with E-state index < -0.39 is 0 Å². The number of nitrogens with one attached hydrogen (secondary N) is 1. The Morgan fingerprint density at radius 2 is 1.76 bits per heavy atom. The fraction of sp³-hybridized carbons (Fsp3) is 0.0556. The molecule has 0 saturated carbocycles. The van der Waals surface area contributed by atoms with Crippen molar-refractivity contribution in [3.8, 4) is 11.3 Å². The van der Waals surface area contributed by atoms with E-state index in [4.69, 9.17) is 4.98 Å². The maximum absolute atomic E-state index is 4.80. The third-order valence-corrected chi connectivity index (χ3v) is 4.46. The summed E-state index contributed by atoms with van der Waals surface area (Å²) in [6.45, 7) is 0. The molecule has 0 amide bonds. The lowest BCUT2D eigenvalue weighted by atomic mass is 10.1. The van der Waals surface area contributed by atoms with Crippen LogP contribution in [0, 0.1) is 0 Å². The SMILES string of the molecule is c1ccc(Cc2nc(-c3c[nH]c4ccccc34)cs2)cc1. The molecule has 2 aromatic heterocycles. The minimum atomic E-state index is 0.897. The molecule has 4 aromatic rings. The Morgan fingerprint density at radius 3 is 2.67 bits per heavy atom. The van der Waals surface area contributed by atoms with Crippen molar-refractivity contribution in [3.63, 3.8) is 0 Å². The number of hydrogen-bond donors (Lipinski definition) is 1. The normalized spacial score (nSPS) is 11.0. The Morgan fingerprint density at radius 1 is 0.952 bits per heavy atom. The summed E-state index contributed by atoms with van der Waals surface area (Å²) in [6.07, 6.45) is 2.94. The van der Waals surface area contributed by atoms with Gasteiger partial charge in [-0.2, -0.15) is 0 Å². The van der Waals surface area contributed by atoms with Crippen LogP contribution in [0.1, 0.15) is 10.6 Å². The average Bonchev–Trinajstić information content (AvgIpc) is 3.14. The van der Waals surface area contributed by atoms with E-state index in [1.165, 1.54) is 16.5 Å². The van der Waals surface area contributed by atoms with E-state index in [0.29, 0.717) is 0 Å². The van der Waals surface area contributed by atoms with Crippen molar-refractivity contribution >= 4 is 22.2 Å². The number of benzene rings is 2. The Labute approximate surface area is 127 Å². The van der Waals surface area contributed by atoms with Gasteiger partial charge in [0.2, 0.25) is 0 Å². The predicted molar refractivity (Wildman–Crippen MR) is 88.7 cm³/mol. The van der Waals surface area contributed by atoms with Gasteiger partial charge in [0, 0.05) is 34.5 Å². The fourth-order valence-corrected chi connectivity index (χ4v) is 3.40. The Kier molecular flexibility index (Phi) is 3.05. The number of thiazole rings is 1. The van der Waals surface area contributed by atoms with Crippen molar-refractivity contribution in [3.05, 3.63) is 76.7 Å². The molecule has 0 radical (unpaired) electrons. The molecule has 3 heteroatoms. The molecular formula is C18H14N2S. The first kappa shape index (κ1) is 12.4. The van der Waals surface area contributed by atoms with Gasteiger partial charge >= 0.3 is 0 Å². The molecule has 4 rings (SSSR count). The van der Waals surface area contributed by atoms with Gasteiger partial charge < -0.3 is 4.98 Å². The maximum atomic E-state index is 4.80. The van der Waals surface area contributed by atoms with Gasteiger partial charge in [0.05, 0.1) is 10.7 Å². The summed E-state index contributed by atoms with van der Waals surface area (Å²) in [4.78, 5) is 8.11. The molecule has 1 N–H and O–H groups in total. The fourth-order valence-electron chi connectivity index (χ4n) is 2.57. The Bertz CT molecular complexity index is 874. The minimum Gasteiger partial charge on any atom is -0.360 e. The first-order valence-corrected chi connectivity index (χ1v) is 7.83. The molecular weight excluding hydrogens is 276 g/mol. The third kappa shape index (κ3) is 2.36. The number of aromatic amines is 1. The molecule has 0 spiro atoms. The second kappa shape index (κ2) is 5.19. The van der Waals surface area contributed by atoms with Gasteiger partial charge in [0.15, 0.2) is 0 Å². The molecule has 102 valence electrons. The van der Waals surface area contributed by atoms with Crippen molar-refractivity contribution in [1.82, 2.24) is 9.97 Å². The highest BCUT2D eigenvalue weighted by Gasteiger charge is 2.09. The summed E-state index contributed by atoms with van der Waals surface area (Å²) in [6, 6.07) is 18.8. The van der Waals surface area contributed by atoms with Gasteiger partial charge in [-0.05, 0) is 11.6 Å². The van der Waals surface area contributed by atoms with Gasteiger partial charge in [-0.15, -0.1) is 11.3 Å². The van der Waals surface area contributed by atoms with E-state index in [-0.39, 0.29) is 0 Å². The maximum Gasteiger partial charge on any atom is 0.0976 e. The van der Waals surface area contributed by atoms with Gasteiger partial charge in [0.1, 0.15) is 0 Å². The number of nitrogens with zero attached hydrogens (tertiary/aromatic N) is 1. The van der Waals surface area contributed by atoms with Crippen LogP contribution >= 0.6 is 11.3 Å². The van der Waals surface area contributed by atoms with E-state index in [2.05, 4.69) is 52.8 Å². The molecule has 2 aromatic carbocycles. The zero-order chi connectivity index (χ0) is 14.1. The quantitative estimate of drug-likeness (QED) is 0.572. The van der Waals surface area contributed by atoms with Crippen LogP contribution in [0.5, 0.6) is 0 Å². The van der Waals surface area contributed by atoms with Crippen LogP contribution in [0.15, 0.2) is 66.2 Å². The van der Waals surface area contributed by atoms with Gasteiger partial charge in [-0.3, -0.25) is 0 Å².